The number of nitrogens with one attached hydrogen (secondary N) is 1. The summed E-state index contributed by atoms with van der Waals surface area (Å²) in [7, 11) is 0. The van der Waals surface area contributed by atoms with E-state index in [1.807, 2.05) is 0 Å². The van der Waals surface area contributed by atoms with Gasteiger partial charge in [0, 0.05) is 55.5 Å². The van der Waals surface area contributed by atoms with Crippen LogP contribution in [-0.2, 0) is 25.9 Å². The molecule has 4 nitrogen and oxygen atoms in total. The summed E-state index contributed by atoms with van der Waals surface area (Å²) in [4.78, 5) is 4.71. The van der Waals surface area contributed by atoms with Crippen molar-refractivity contribution in [3.05, 3.63) is 51.6 Å². The number of benzene rings is 1. The fourth-order valence-electron chi connectivity index (χ4n) is 3.74. The number of aryl methyl sites for hydroxylation is 1. The Labute approximate surface area is 146 Å². The van der Waals surface area contributed by atoms with E-state index in [0.717, 1.165) is 45.6 Å². The topological polar surface area (TPSA) is 35.2 Å². The van der Waals surface area contributed by atoms with E-state index in [1.165, 1.54) is 29.4 Å². The van der Waals surface area contributed by atoms with Gasteiger partial charge in [-0.3, -0.25) is 14.9 Å². The highest BCUT2D eigenvalue weighted by Crippen LogP contribution is 2.25. The van der Waals surface area contributed by atoms with Gasteiger partial charge in [-0.1, -0.05) is 17.7 Å². The molecule has 1 aliphatic heterocycles. The summed E-state index contributed by atoms with van der Waals surface area (Å²) < 4.78 is 13.9. The first-order valence-corrected chi connectivity index (χ1v) is 9.01. The van der Waals surface area contributed by atoms with Gasteiger partial charge >= 0.3 is 0 Å². The maximum atomic E-state index is 13.9. The fraction of sp³-hybridized carbons (Fsp3) is 0.500. The molecule has 0 bridgehead atoms. The molecule has 1 saturated heterocycles. The van der Waals surface area contributed by atoms with Crippen molar-refractivity contribution in [1.29, 1.82) is 0 Å². The molecule has 24 heavy (non-hydrogen) atoms. The summed E-state index contributed by atoms with van der Waals surface area (Å²) in [6.45, 7) is 5.31. The first-order chi connectivity index (χ1) is 11.7. The zero-order chi connectivity index (χ0) is 16.5. The van der Waals surface area contributed by atoms with E-state index in [-0.39, 0.29) is 5.82 Å². The van der Waals surface area contributed by atoms with Crippen molar-refractivity contribution >= 4 is 11.6 Å². The Hall–Kier alpha value is -1.43. The summed E-state index contributed by atoms with van der Waals surface area (Å²) >= 11 is 6.14. The normalized spacial score (nSPS) is 18.9. The monoisotopic (exact) mass is 348 g/mol. The molecule has 6 heteroatoms. The lowest BCUT2D eigenvalue weighted by Crippen LogP contribution is -2.45. The minimum atomic E-state index is -0.211. The van der Waals surface area contributed by atoms with Crippen molar-refractivity contribution in [3.8, 4) is 0 Å². The van der Waals surface area contributed by atoms with E-state index >= 15 is 0 Å². The maximum Gasteiger partial charge on any atom is 0.129 e. The van der Waals surface area contributed by atoms with Crippen molar-refractivity contribution in [2.24, 2.45) is 0 Å². The Morgan fingerprint density at radius 2 is 1.83 bits per heavy atom. The van der Waals surface area contributed by atoms with E-state index in [4.69, 9.17) is 11.6 Å². The average Bonchev–Trinajstić information content (AvgIpc) is 3.18. The minimum absolute atomic E-state index is 0.211. The molecular formula is C18H22ClFN4. The third kappa shape index (κ3) is 3.21. The Morgan fingerprint density at radius 3 is 2.58 bits per heavy atom. The zero-order valence-electron chi connectivity index (χ0n) is 13.7. The summed E-state index contributed by atoms with van der Waals surface area (Å²) in [5.41, 5.74) is 4.60. The van der Waals surface area contributed by atoms with Crippen molar-refractivity contribution in [2.75, 3.05) is 26.2 Å². The molecule has 0 radical (unpaired) electrons. The van der Waals surface area contributed by atoms with Crippen LogP contribution in [0.2, 0.25) is 5.02 Å². The number of piperazine rings is 1. The molecular weight excluding hydrogens is 327 g/mol. The predicted molar refractivity (Wildman–Crippen MR) is 92.6 cm³/mol. The number of H-pyrrole nitrogens is 1. The van der Waals surface area contributed by atoms with Crippen molar-refractivity contribution in [3.63, 3.8) is 0 Å². The highest BCUT2D eigenvalue weighted by atomic mass is 35.5. The van der Waals surface area contributed by atoms with Crippen LogP contribution in [0.3, 0.4) is 0 Å². The molecule has 2 aromatic rings. The Kier molecular flexibility index (Phi) is 4.57. The summed E-state index contributed by atoms with van der Waals surface area (Å²) in [6, 6.07) is 4.89. The molecule has 0 unspecified atom stereocenters. The molecule has 2 aliphatic rings. The third-order valence-corrected chi connectivity index (χ3v) is 5.53. The number of fused-ring (bicyclic) bond motifs is 1. The van der Waals surface area contributed by atoms with Crippen molar-refractivity contribution < 1.29 is 4.39 Å². The molecule has 4 rings (SSSR count). The first kappa shape index (κ1) is 16.1. The second-order valence-electron chi connectivity index (χ2n) is 6.73. The number of hydrogen-bond acceptors (Lipinski definition) is 3. The van der Waals surface area contributed by atoms with Crippen LogP contribution in [0.15, 0.2) is 18.2 Å². The Morgan fingerprint density at radius 1 is 1.08 bits per heavy atom. The van der Waals surface area contributed by atoms with Crippen LogP contribution in [0.4, 0.5) is 4.39 Å². The smallest absolute Gasteiger partial charge is 0.129 e. The lowest BCUT2D eigenvalue weighted by atomic mass is 10.1. The number of hydrogen-bond donors (Lipinski definition) is 1. The molecule has 0 amide bonds. The average molecular weight is 349 g/mol. The third-order valence-electron chi connectivity index (χ3n) is 5.17. The van der Waals surface area contributed by atoms with Gasteiger partial charge in [0.1, 0.15) is 5.82 Å². The SMILES string of the molecule is Fc1cccc(Cl)c1CN1CCN(Cc2n[nH]c3c2CCC3)CC1. The molecule has 1 N–H and O–H groups in total. The van der Waals surface area contributed by atoms with Crippen molar-refractivity contribution in [1.82, 2.24) is 20.0 Å². The van der Waals surface area contributed by atoms with Crippen molar-refractivity contribution in [2.45, 2.75) is 32.4 Å². The van der Waals surface area contributed by atoms with Crippen LogP contribution in [0.1, 0.15) is 28.9 Å². The van der Waals surface area contributed by atoms with Gasteiger partial charge in [-0.2, -0.15) is 5.10 Å². The molecule has 0 atom stereocenters. The fourth-order valence-corrected chi connectivity index (χ4v) is 3.97. The van der Waals surface area contributed by atoms with E-state index in [0.29, 0.717) is 17.1 Å². The van der Waals surface area contributed by atoms with Crippen LogP contribution in [-0.4, -0.2) is 46.2 Å². The van der Waals surface area contributed by atoms with Gasteiger partial charge in [-0.05, 0) is 37.0 Å². The molecule has 128 valence electrons. The quantitative estimate of drug-likeness (QED) is 0.922. The lowest BCUT2D eigenvalue weighted by Gasteiger charge is -2.34. The Bertz CT molecular complexity index is 702. The molecule has 1 aliphatic carbocycles. The highest BCUT2D eigenvalue weighted by Gasteiger charge is 2.23. The highest BCUT2D eigenvalue weighted by molar-refractivity contribution is 6.31. The number of halogens is 2. The molecule has 2 heterocycles. The molecule has 1 fully saturated rings. The van der Waals surface area contributed by atoms with Crippen LogP contribution < -0.4 is 0 Å². The zero-order valence-corrected chi connectivity index (χ0v) is 14.4. The minimum Gasteiger partial charge on any atom is -0.296 e. The van der Waals surface area contributed by atoms with E-state index < -0.39 is 0 Å². The maximum absolute atomic E-state index is 13.9. The number of rotatable bonds is 4. The van der Waals surface area contributed by atoms with Gasteiger partial charge in [-0.25, -0.2) is 4.39 Å². The number of aromatic amines is 1. The number of nitrogens with zero attached hydrogens (tertiary/aromatic N) is 3. The van der Waals surface area contributed by atoms with Crippen LogP contribution >= 0.6 is 11.6 Å². The van der Waals surface area contributed by atoms with Crippen LogP contribution in [0.5, 0.6) is 0 Å². The summed E-state index contributed by atoms with van der Waals surface area (Å²) in [5, 5.41) is 8.20. The van der Waals surface area contributed by atoms with Gasteiger partial charge in [0.15, 0.2) is 0 Å². The number of aromatic nitrogens is 2. The summed E-state index contributed by atoms with van der Waals surface area (Å²) in [6.07, 6.45) is 3.54. The largest absolute Gasteiger partial charge is 0.296 e. The van der Waals surface area contributed by atoms with Crippen LogP contribution in [0, 0.1) is 5.82 Å². The molecule has 1 aromatic carbocycles. The van der Waals surface area contributed by atoms with E-state index in [1.54, 1.807) is 12.1 Å². The van der Waals surface area contributed by atoms with E-state index in [9.17, 15) is 4.39 Å². The van der Waals surface area contributed by atoms with Gasteiger partial charge in [0.25, 0.3) is 0 Å². The van der Waals surface area contributed by atoms with E-state index in [2.05, 4.69) is 20.0 Å². The van der Waals surface area contributed by atoms with Gasteiger partial charge in [0.2, 0.25) is 0 Å². The molecule has 0 saturated carbocycles. The first-order valence-electron chi connectivity index (χ1n) is 8.63. The lowest BCUT2D eigenvalue weighted by molar-refractivity contribution is 0.120. The second kappa shape index (κ2) is 6.82. The second-order valence-corrected chi connectivity index (χ2v) is 7.14. The van der Waals surface area contributed by atoms with Gasteiger partial charge in [0.05, 0.1) is 5.69 Å². The summed E-state index contributed by atoms with van der Waals surface area (Å²) in [5.74, 6) is -0.211. The Balaban J connectivity index is 1.33. The van der Waals surface area contributed by atoms with Gasteiger partial charge < -0.3 is 0 Å². The standard InChI is InChI=1S/C18H22ClFN4/c19-15-4-2-5-16(20)14(15)11-23-7-9-24(10-8-23)12-18-13-3-1-6-17(13)21-22-18/h2,4-5H,1,3,6-12H2,(H,21,22). The van der Waals surface area contributed by atoms with Gasteiger partial charge in [-0.15, -0.1) is 0 Å². The molecule has 0 spiro atoms. The molecule has 1 aromatic heterocycles. The predicted octanol–water partition coefficient (Wildman–Crippen LogP) is 3.01. The van der Waals surface area contributed by atoms with Crippen LogP contribution in [0.25, 0.3) is 0 Å².